The zero-order valence-electron chi connectivity index (χ0n) is 11.3. The van der Waals surface area contributed by atoms with E-state index in [9.17, 15) is 4.79 Å². The Bertz CT molecular complexity index is 402. The molecule has 0 aromatic carbocycles. The lowest BCUT2D eigenvalue weighted by Gasteiger charge is -2.26. The number of aromatic nitrogens is 1. The van der Waals surface area contributed by atoms with Gasteiger partial charge in [0.25, 0.3) is 0 Å². The van der Waals surface area contributed by atoms with Crippen molar-refractivity contribution in [3.8, 4) is 0 Å². The van der Waals surface area contributed by atoms with E-state index in [0.717, 1.165) is 42.9 Å². The first-order chi connectivity index (χ1) is 8.59. The number of carbonyl (C=O) groups excluding carboxylic acids is 1. The van der Waals surface area contributed by atoms with Crippen molar-refractivity contribution in [3.05, 3.63) is 17.0 Å². The van der Waals surface area contributed by atoms with Crippen LogP contribution in [0.3, 0.4) is 0 Å². The summed E-state index contributed by atoms with van der Waals surface area (Å²) in [7, 11) is 1.86. The molecule has 0 unspecified atom stereocenters. The lowest BCUT2D eigenvalue weighted by molar-refractivity contribution is -0.135. The van der Waals surface area contributed by atoms with Crippen molar-refractivity contribution in [2.75, 3.05) is 20.1 Å². The number of nitrogens with one attached hydrogen (secondary N) is 1. The molecule has 5 nitrogen and oxygen atoms in total. The third-order valence-electron chi connectivity index (χ3n) is 3.64. The van der Waals surface area contributed by atoms with Gasteiger partial charge in [0.2, 0.25) is 5.91 Å². The summed E-state index contributed by atoms with van der Waals surface area (Å²) in [6, 6.07) is 0. The summed E-state index contributed by atoms with van der Waals surface area (Å²) in [6.45, 7) is 6.27. The minimum atomic E-state index is 0.164. The summed E-state index contributed by atoms with van der Waals surface area (Å²) in [5.41, 5.74) is 1.90. The largest absolute Gasteiger partial charge is 0.361 e. The number of rotatable bonds is 3. The van der Waals surface area contributed by atoms with E-state index in [-0.39, 0.29) is 11.8 Å². The highest BCUT2D eigenvalue weighted by Gasteiger charge is 2.25. The average Bonchev–Trinajstić information content (AvgIpc) is 2.70. The number of aryl methyl sites for hydroxylation is 2. The van der Waals surface area contributed by atoms with Crippen LogP contribution < -0.4 is 5.32 Å². The fraction of sp³-hybridized carbons (Fsp3) is 0.692. The monoisotopic (exact) mass is 251 g/mol. The zero-order chi connectivity index (χ0) is 13.1. The Morgan fingerprint density at radius 3 is 2.67 bits per heavy atom. The summed E-state index contributed by atoms with van der Waals surface area (Å²) in [5.74, 6) is 1.20. The van der Waals surface area contributed by atoms with Crippen LogP contribution in [0, 0.1) is 19.8 Å². The molecular formula is C13H21N3O2. The number of carbonyl (C=O) groups is 1. The van der Waals surface area contributed by atoms with Gasteiger partial charge in [0.15, 0.2) is 0 Å². The first-order valence-corrected chi connectivity index (χ1v) is 6.47. The molecule has 0 saturated carbocycles. The SMILES string of the molecule is Cc1noc(C)c1CN(C)C(=O)C1CCNCC1. The maximum Gasteiger partial charge on any atom is 0.225 e. The van der Waals surface area contributed by atoms with Crippen LogP contribution in [-0.4, -0.2) is 36.1 Å². The highest BCUT2D eigenvalue weighted by Crippen LogP contribution is 2.18. The van der Waals surface area contributed by atoms with Gasteiger partial charge in [-0.25, -0.2) is 0 Å². The molecule has 1 N–H and O–H groups in total. The van der Waals surface area contributed by atoms with Gasteiger partial charge in [-0.3, -0.25) is 4.79 Å². The van der Waals surface area contributed by atoms with Gasteiger partial charge in [-0.15, -0.1) is 0 Å². The van der Waals surface area contributed by atoms with Crippen molar-refractivity contribution in [1.82, 2.24) is 15.4 Å². The van der Waals surface area contributed by atoms with Gasteiger partial charge < -0.3 is 14.7 Å². The lowest BCUT2D eigenvalue weighted by Crippen LogP contribution is -2.39. The molecular weight excluding hydrogens is 230 g/mol. The molecule has 0 bridgehead atoms. The normalized spacial score (nSPS) is 16.8. The Labute approximate surface area is 108 Å². The summed E-state index contributed by atoms with van der Waals surface area (Å²) in [5, 5.41) is 7.19. The Kier molecular flexibility index (Phi) is 4.01. The van der Waals surface area contributed by atoms with Crippen LogP contribution in [0.4, 0.5) is 0 Å². The summed E-state index contributed by atoms with van der Waals surface area (Å²) in [6.07, 6.45) is 1.87. The fourth-order valence-corrected chi connectivity index (χ4v) is 2.42. The fourth-order valence-electron chi connectivity index (χ4n) is 2.42. The van der Waals surface area contributed by atoms with E-state index in [2.05, 4.69) is 10.5 Å². The second kappa shape index (κ2) is 5.52. The molecule has 18 heavy (non-hydrogen) atoms. The molecule has 1 saturated heterocycles. The third kappa shape index (κ3) is 2.72. The number of nitrogens with zero attached hydrogens (tertiary/aromatic N) is 2. The van der Waals surface area contributed by atoms with E-state index in [4.69, 9.17) is 4.52 Å². The number of amides is 1. The molecule has 1 aliphatic heterocycles. The standard InChI is InChI=1S/C13H21N3O2/c1-9-12(10(2)18-15-9)8-16(3)13(17)11-4-6-14-7-5-11/h11,14H,4-8H2,1-3H3. The predicted octanol–water partition coefficient (Wildman–Crippen LogP) is 1.25. The molecule has 1 fully saturated rings. The Morgan fingerprint density at radius 1 is 1.44 bits per heavy atom. The maximum absolute atomic E-state index is 12.3. The molecule has 2 rings (SSSR count). The van der Waals surface area contributed by atoms with E-state index >= 15 is 0 Å². The van der Waals surface area contributed by atoms with Crippen molar-refractivity contribution in [3.63, 3.8) is 0 Å². The molecule has 0 atom stereocenters. The minimum absolute atomic E-state index is 0.164. The number of piperidine rings is 1. The average molecular weight is 251 g/mol. The minimum Gasteiger partial charge on any atom is -0.361 e. The Morgan fingerprint density at radius 2 is 2.11 bits per heavy atom. The molecule has 0 radical (unpaired) electrons. The van der Waals surface area contributed by atoms with Gasteiger partial charge in [0.1, 0.15) is 5.76 Å². The third-order valence-corrected chi connectivity index (χ3v) is 3.64. The number of hydrogen-bond donors (Lipinski definition) is 1. The van der Waals surface area contributed by atoms with Crippen LogP contribution in [0.25, 0.3) is 0 Å². The zero-order valence-corrected chi connectivity index (χ0v) is 11.3. The van der Waals surface area contributed by atoms with Crippen LogP contribution in [0.15, 0.2) is 4.52 Å². The Hall–Kier alpha value is -1.36. The van der Waals surface area contributed by atoms with E-state index in [1.165, 1.54) is 0 Å². The molecule has 1 aliphatic rings. The molecule has 1 aromatic rings. The first-order valence-electron chi connectivity index (χ1n) is 6.47. The second-order valence-electron chi connectivity index (χ2n) is 5.02. The van der Waals surface area contributed by atoms with Crippen LogP contribution in [0.1, 0.15) is 29.9 Å². The van der Waals surface area contributed by atoms with E-state index in [1.54, 1.807) is 4.90 Å². The van der Waals surface area contributed by atoms with Crippen LogP contribution >= 0.6 is 0 Å². The van der Waals surface area contributed by atoms with Crippen molar-refractivity contribution < 1.29 is 9.32 Å². The van der Waals surface area contributed by atoms with Crippen LogP contribution in [-0.2, 0) is 11.3 Å². The molecule has 5 heteroatoms. The van der Waals surface area contributed by atoms with Crippen molar-refractivity contribution in [2.24, 2.45) is 5.92 Å². The highest BCUT2D eigenvalue weighted by molar-refractivity contribution is 5.78. The van der Waals surface area contributed by atoms with Gasteiger partial charge in [0.05, 0.1) is 12.2 Å². The quantitative estimate of drug-likeness (QED) is 0.878. The summed E-state index contributed by atoms with van der Waals surface area (Å²) in [4.78, 5) is 14.1. The van der Waals surface area contributed by atoms with Gasteiger partial charge in [-0.1, -0.05) is 5.16 Å². The lowest BCUT2D eigenvalue weighted by atomic mass is 9.96. The van der Waals surface area contributed by atoms with Crippen molar-refractivity contribution in [2.45, 2.75) is 33.2 Å². The number of hydrogen-bond acceptors (Lipinski definition) is 4. The highest BCUT2D eigenvalue weighted by atomic mass is 16.5. The molecule has 1 aromatic heterocycles. The molecule has 1 amide bonds. The van der Waals surface area contributed by atoms with E-state index in [0.29, 0.717) is 6.54 Å². The molecule has 0 spiro atoms. The summed E-state index contributed by atoms with van der Waals surface area (Å²) < 4.78 is 5.12. The van der Waals surface area contributed by atoms with Crippen LogP contribution in [0.5, 0.6) is 0 Å². The van der Waals surface area contributed by atoms with Gasteiger partial charge >= 0.3 is 0 Å². The van der Waals surface area contributed by atoms with E-state index in [1.807, 2.05) is 20.9 Å². The molecule has 0 aliphatic carbocycles. The topological polar surface area (TPSA) is 58.4 Å². The van der Waals surface area contributed by atoms with Crippen molar-refractivity contribution >= 4 is 5.91 Å². The summed E-state index contributed by atoms with van der Waals surface area (Å²) >= 11 is 0. The first kappa shape index (κ1) is 13.1. The van der Waals surface area contributed by atoms with Gasteiger partial charge in [-0.2, -0.15) is 0 Å². The van der Waals surface area contributed by atoms with Gasteiger partial charge in [-0.05, 0) is 39.8 Å². The van der Waals surface area contributed by atoms with Crippen LogP contribution in [0.2, 0.25) is 0 Å². The molecule has 100 valence electrons. The molecule has 2 heterocycles. The van der Waals surface area contributed by atoms with Gasteiger partial charge in [0, 0.05) is 18.5 Å². The maximum atomic E-state index is 12.3. The van der Waals surface area contributed by atoms with E-state index < -0.39 is 0 Å². The predicted molar refractivity (Wildman–Crippen MR) is 68.0 cm³/mol. The Balaban J connectivity index is 1.98. The smallest absolute Gasteiger partial charge is 0.225 e. The van der Waals surface area contributed by atoms with Crippen molar-refractivity contribution in [1.29, 1.82) is 0 Å². The second-order valence-corrected chi connectivity index (χ2v) is 5.02.